The third-order valence-electron chi connectivity index (χ3n) is 5.31. The van der Waals surface area contributed by atoms with E-state index < -0.39 is 0 Å². The van der Waals surface area contributed by atoms with Crippen LogP contribution in [-0.2, 0) is 0 Å². The molecule has 0 aliphatic carbocycles. The Morgan fingerprint density at radius 1 is 0.952 bits per heavy atom. The molecule has 3 heteroatoms. The zero-order valence-corrected chi connectivity index (χ0v) is 15.6. The van der Waals surface area contributed by atoms with Gasteiger partial charge in [-0.05, 0) is 57.9 Å². The Morgan fingerprint density at radius 3 is 1.95 bits per heavy atom. The second kappa shape index (κ2) is 11.4. The van der Waals surface area contributed by atoms with Gasteiger partial charge in [-0.2, -0.15) is 0 Å². The van der Waals surface area contributed by atoms with Crippen LogP contribution in [-0.4, -0.2) is 54.6 Å². The molecule has 0 rings (SSSR count). The lowest BCUT2D eigenvalue weighted by Crippen LogP contribution is -2.55. The number of hydrogen-bond acceptors (Lipinski definition) is 3. The van der Waals surface area contributed by atoms with E-state index in [1.54, 1.807) is 0 Å². The molecule has 2 atom stereocenters. The van der Waals surface area contributed by atoms with Gasteiger partial charge in [-0.25, -0.2) is 0 Å². The van der Waals surface area contributed by atoms with Gasteiger partial charge in [0.05, 0.1) is 0 Å². The quantitative estimate of drug-likeness (QED) is 0.564. The number of nitrogens with zero attached hydrogens (tertiary/aromatic N) is 2. The molecule has 0 aliphatic rings. The van der Waals surface area contributed by atoms with Gasteiger partial charge in [0.1, 0.15) is 0 Å². The largest absolute Gasteiger partial charge is 0.329 e. The summed E-state index contributed by atoms with van der Waals surface area (Å²) in [6, 6.07) is 0. The molecule has 2 unspecified atom stereocenters. The Morgan fingerprint density at radius 2 is 1.57 bits per heavy atom. The maximum absolute atomic E-state index is 6.23. The fourth-order valence-corrected chi connectivity index (χ4v) is 3.40. The van der Waals surface area contributed by atoms with Gasteiger partial charge in [-0.3, -0.25) is 4.90 Å². The number of hydrogen-bond donors (Lipinski definition) is 1. The second-order valence-corrected chi connectivity index (χ2v) is 6.46. The van der Waals surface area contributed by atoms with Gasteiger partial charge in [0.15, 0.2) is 0 Å². The Kier molecular flexibility index (Phi) is 11.4. The first-order valence-corrected chi connectivity index (χ1v) is 9.20. The Labute approximate surface area is 134 Å². The molecule has 0 heterocycles. The maximum atomic E-state index is 6.23. The molecule has 0 saturated heterocycles. The SMILES string of the molecule is CCC(C)CC(CC)(CN)N(CC)CCCN(CC)CC. The fraction of sp³-hybridized carbons (Fsp3) is 1.00. The van der Waals surface area contributed by atoms with Gasteiger partial charge in [-0.1, -0.05) is 48.0 Å². The average Bonchev–Trinajstić information content (AvgIpc) is 2.53. The van der Waals surface area contributed by atoms with E-state index in [1.165, 1.54) is 32.4 Å². The van der Waals surface area contributed by atoms with Gasteiger partial charge in [-0.15, -0.1) is 0 Å². The molecule has 0 aliphatic heterocycles. The van der Waals surface area contributed by atoms with E-state index >= 15 is 0 Å². The zero-order chi connectivity index (χ0) is 16.3. The van der Waals surface area contributed by atoms with E-state index in [0.717, 1.165) is 38.5 Å². The highest BCUT2D eigenvalue weighted by molar-refractivity contribution is 4.91. The predicted octanol–water partition coefficient (Wildman–Crippen LogP) is 3.58. The van der Waals surface area contributed by atoms with Crippen LogP contribution in [0.1, 0.15) is 67.2 Å². The van der Waals surface area contributed by atoms with Crippen molar-refractivity contribution in [3.05, 3.63) is 0 Å². The highest BCUT2D eigenvalue weighted by Gasteiger charge is 2.33. The first-order valence-electron chi connectivity index (χ1n) is 9.20. The van der Waals surface area contributed by atoms with Gasteiger partial charge in [0.2, 0.25) is 0 Å². The summed E-state index contributed by atoms with van der Waals surface area (Å²) >= 11 is 0. The summed E-state index contributed by atoms with van der Waals surface area (Å²) in [5.74, 6) is 0.755. The topological polar surface area (TPSA) is 32.5 Å². The summed E-state index contributed by atoms with van der Waals surface area (Å²) < 4.78 is 0. The summed E-state index contributed by atoms with van der Waals surface area (Å²) in [7, 11) is 0. The first-order chi connectivity index (χ1) is 10.0. The van der Waals surface area contributed by atoms with Gasteiger partial charge in [0.25, 0.3) is 0 Å². The molecule has 0 saturated carbocycles. The molecule has 0 fully saturated rings. The maximum Gasteiger partial charge on any atom is 0.0331 e. The third kappa shape index (κ3) is 6.66. The highest BCUT2D eigenvalue weighted by Crippen LogP contribution is 2.28. The van der Waals surface area contributed by atoms with Gasteiger partial charge < -0.3 is 10.6 Å². The smallest absolute Gasteiger partial charge is 0.0331 e. The van der Waals surface area contributed by atoms with Crippen molar-refractivity contribution in [2.75, 3.05) is 39.3 Å². The van der Waals surface area contributed by atoms with Crippen molar-refractivity contribution in [1.29, 1.82) is 0 Å². The summed E-state index contributed by atoms with van der Waals surface area (Å²) in [4.78, 5) is 5.17. The molecule has 0 aromatic heterocycles. The third-order valence-corrected chi connectivity index (χ3v) is 5.31. The minimum absolute atomic E-state index is 0.202. The van der Waals surface area contributed by atoms with E-state index in [-0.39, 0.29) is 5.54 Å². The molecule has 0 bridgehead atoms. The first kappa shape index (κ1) is 20.9. The van der Waals surface area contributed by atoms with Crippen molar-refractivity contribution >= 4 is 0 Å². The Hall–Kier alpha value is -0.120. The second-order valence-electron chi connectivity index (χ2n) is 6.46. The molecular weight excluding hydrogens is 258 g/mol. The van der Waals surface area contributed by atoms with E-state index in [1.807, 2.05) is 0 Å². The summed E-state index contributed by atoms with van der Waals surface area (Å²) in [6.07, 6.45) is 4.89. The van der Waals surface area contributed by atoms with Crippen molar-refractivity contribution in [1.82, 2.24) is 9.80 Å². The molecule has 2 N–H and O–H groups in total. The van der Waals surface area contributed by atoms with Crippen LogP contribution < -0.4 is 5.73 Å². The van der Waals surface area contributed by atoms with Crippen LogP contribution in [0.15, 0.2) is 0 Å². The minimum Gasteiger partial charge on any atom is -0.329 e. The van der Waals surface area contributed by atoms with Crippen LogP contribution in [0.2, 0.25) is 0 Å². The van der Waals surface area contributed by atoms with Crippen molar-refractivity contribution < 1.29 is 0 Å². The van der Waals surface area contributed by atoms with Crippen LogP contribution in [0.4, 0.5) is 0 Å². The predicted molar refractivity (Wildman–Crippen MR) is 95.8 cm³/mol. The standard InChI is InChI=1S/C18H41N3/c1-7-17(6)15-18(8-2,16-19)21(11-5)14-12-13-20(9-3)10-4/h17H,7-16,19H2,1-6H3. The highest BCUT2D eigenvalue weighted by atomic mass is 15.2. The Bertz CT molecular complexity index is 235. The molecular formula is C18H41N3. The minimum atomic E-state index is 0.202. The summed E-state index contributed by atoms with van der Waals surface area (Å²) in [6.45, 7) is 20.3. The van der Waals surface area contributed by atoms with Crippen LogP contribution in [0, 0.1) is 5.92 Å². The molecule has 0 radical (unpaired) electrons. The zero-order valence-electron chi connectivity index (χ0n) is 15.6. The lowest BCUT2D eigenvalue weighted by molar-refractivity contribution is 0.0666. The van der Waals surface area contributed by atoms with Crippen molar-refractivity contribution in [3.8, 4) is 0 Å². The summed E-state index contributed by atoms with van der Waals surface area (Å²) in [5, 5.41) is 0. The lowest BCUT2D eigenvalue weighted by Gasteiger charge is -2.44. The van der Waals surface area contributed by atoms with Crippen LogP contribution in [0.3, 0.4) is 0 Å². The number of nitrogens with two attached hydrogens (primary N) is 1. The van der Waals surface area contributed by atoms with Crippen molar-refractivity contribution in [2.24, 2.45) is 11.7 Å². The van der Waals surface area contributed by atoms with E-state index in [2.05, 4.69) is 51.3 Å². The fourth-order valence-electron chi connectivity index (χ4n) is 3.40. The van der Waals surface area contributed by atoms with Crippen molar-refractivity contribution in [3.63, 3.8) is 0 Å². The number of rotatable bonds is 13. The molecule has 0 spiro atoms. The molecule has 0 aromatic rings. The molecule has 128 valence electrons. The van der Waals surface area contributed by atoms with E-state index in [4.69, 9.17) is 5.73 Å². The summed E-state index contributed by atoms with van der Waals surface area (Å²) in [5.41, 5.74) is 6.43. The van der Waals surface area contributed by atoms with Gasteiger partial charge in [0, 0.05) is 12.1 Å². The average molecular weight is 300 g/mol. The lowest BCUT2D eigenvalue weighted by atomic mass is 9.83. The van der Waals surface area contributed by atoms with Crippen LogP contribution >= 0.6 is 0 Å². The molecule has 0 aromatic carbocycles. The van der Waals surface area contributed by atoms with Crippen LogP contribution in [0.25, 0.3) is 0 Å². The molecule has 21 heavy (non-hydrogen) atoms. The molecule has 3 nitrogen and oxygen atoms in total. The van der Waals surface area contributed by atoms with E-state index in [0.29, 0.717) is 0 Å². The van der Waals surface area contributed by atoms with Crippen LogP contribution in [0.5, 0.6) is 0 Å². The normalized spacial score (nSPS) is 16.4. The van der Waals surface area contributed by atoms with E-state index in [9.17, 15) is 0 Å². The van der Waals surface area contributed by atoms with Crippen molar-refractivity contribution in [2.45, 2.75) is 72.8 Å². The van der Waals surface area contributed by atoms with Gasteiger partial charge >= 0.3 is 0 Å². The number of likely N-dealkylation sites (N-methyl/N-ethyl adjacent to an activating group) is 1. The molecule has 0 amide bonds. The monoisotopic (exact) mass is 299 g/mol. The Balaban J connectivity index is 4.67.